The van der Waals surface area contributed by atoms with Crippen molar-refractivity contribution in [1.82, 2.24) is 24.8 Å². The van der Waals surface area contributed by atoms with Crippen LogP contribution in [0.3, 0.4) is 0 Å². The third-order valence-corrected chi connectivity index (χ3v) is 4.75. The average molecular weight is 347 g/mol. The van der Waals surface area contributed by atoms with E-state index < -0.39 is 0 Å². The van der Waals surface area contributed by atoms with Gasteiger partial charge in [0.15, 0.2) is 0 Å². The smallest absolute Gasteiger partial charge is 0.274 e. The van der Waals surface area contributed by atoms with E-state index in [4.69, 9.17) is 0 Å². The van der Waals surface area contributed by atoms with E-state index >= 15 is 0 Å². The van der Waals surface area contributed by atoms with Crippen LogP contribution in [0.15, 0.2) is 42.9 Å². The molecule has 3 aromatic rings. The van der Waals surface area contributed by atoms with E-state index in [0.717, 1.165) is 35.6 Å². The number of likely N-dealkylation sites (tertiary alicyclic amines) is 1. The van der Waals surface area contributed by atoms with Crippen LogP contribution in [0, 0.1) is 13.8 Å². The van der Waals surface area contributed by atoms with E-state index in [0.29, 0.717) is 12.2 Å². The van der Waals surface area contributed by atoms with Crippen molar-refractivity contribution in [3.8, 4) is 11.3 Å². The third kappa shape index (κ3) is 3.10. The second-order valence-corrected chi connectivity index (χ2v) is 6.75. The van der Waals surface area contributed by atoms with Gasteiger partial charge >= 0.3 is 0 Å². The molecule has 0 saturated carbocycles. The number of nitrogens with zero attached hydrogens (tertiary/aromatic N) is 4. The van der Waals surface area contributed by atoms with Gasteiger partial charge < -0.3 is 9.88 Å². The first-order chi connectivity index (χ1) is 12.6. The van der Waals surface area contributed by atoms with Gasteiger partial charge in [-0.15, -0.1) is 0 Å². The number of aryl methyl sites for hydroxylation is 2. The molecule has 1 atom stereocenters. The highest BCUT2D eigenvalue weighted by Gasteiger charge is 2.33. The Morgan fingerprint density at radius 3 is 2.81 bits per heavy atom. The number of hydrogen-bond donors (Lipinski definition) is 1. The van der Waals surface area contributed by atoms with Crippen LogP contribution >= 0.6 is 0 Å². The standard InChI is InChI=1S/C20H21N5O/c1-13-5-3-6-15(9-13)16-11-23-19(24-16)18-7-4-8-25(18)20(26)17-12-21-14(2)10-22-17/h3,5-6,9-12,18H,4,7-8H2,1-2H3,(H,23,24)/t18-/m0/s1. The molecule has 1 aromatic carbocycles. The number of carbonyl (C=O) groups excluding carboxylic acids is 1. The van der Waals surface area contributed by atoms with Crippen LogP contribution in [0.4, 0.5) is 0 Å². The zero-order valence-corrected chi connectivity index (χ0v) is 14.9. The molecule has 0 radical (unpaired) electrons. The number of aromatic amines is 1. The summed E-state index contributed by atoms with van der Waals surface area (Å²) in [5.41, 5.74) is 4.46. The highest BCUT2D eigenvalue weighted by atomic mass is 16.2. The number of carbonyl (C=O) groups is 1. The molecule has 3 heterocycles. The lowest BCUT2D eigenvalue weighted by Gasteiger charge is -2.22. The van der Waals surface area contributed by atoms with Gasteiger partial charge in [-0.2, -0.15) is 0 Å². The number of benzene rings is 1. The van der Waals surface area contributed by atoms with Crippen molar-refractivity contribution in [3.05, 3.63) is 65.6 Å². The number of aromatic nitrogens is 4. The summed E-state index contributed by atoms with van der Waals surface area (Å²) >= 11 is 0. The Kier molecular flexibility index (Phi) is 4.24. The highest BCUT2D eigenvalue weighted by molar-refractivity contribution is 5.92. The van der Waals surface area contributed by atoms with Crippen LogP contribution < -0.4 is 0 Å². The van der Waals surface area contributed by atoms with Crippen LogP contribution in [0.25, 0.3) is 11.3 Å². The summed E-state index contributed by atoms with van der Waals surface area (Å²) in [5, 5.41) is 0. The Hall–Kier alpha value is -3.02. The van der Waals surface area contributed by atoms with Gasteiger partial charge in [0.1, 0.15) is 11.5 Å². The Labute approximate surface area is 152 Å². The molecule has 1 amide bonds. The van der Waals surface area contributed by atoms with Crippen molar-refractivity contribution in [2.75, 3.05) is 6.54 Å². The molecule has 1 aliphatic rings. The summed E-state index contributed by atoms with van der Waals surface area (Å²) in [7, 11) is 0. The van der Waals surface area contributed by atoms with Crippen molar-refractivity contribution < 1.29 is 4.79 Å². The molecule has 0 unspecified atom stereocenters. The number of H-pyrrole nitrogens is 1. The number of hydrogen-bond acceptors (Lipinski definition) is 4. The fraction of sp³-hybridized carbons (Fsp3) is 0.300. The Balaban J connectivity index is 1.59. The van der Waals surface area contributed by atoms with Gasteiger partial charge in [0.25, 0.3) is 5.91 Å². The summed E-state index contributed by atoms with van der Waals surface area (Å²) in [6.45, 7) is 4.63. The van der Waals surface area contributed by atoms with Crippen LogP contribution in [0.5, 0.6) is 0 Å². The molecule has 1 N–H and O–H groups in total. The van der Waals surface area contributed by atoms with Crippen LogP contribution in [-0.2, 0) is 0 Å². The van der Waals surface area contributed by atoms with Gasteiger partial charge in [0, 0.05) is 12.7 Å². The predicted molar refractivity (Wildman–Crippen MR) is 98.5 cm³/mol. The van der Waals surface area contributed by atoms with E-state index in [9.17, 15) is 4.79 Å². The van der Waals surface area contributed by atoms with E-state index in [1.165, 1.54) is 5.56 Å². The summed E-state index contributed by atoms with van der Waals surface area (Å²) in [4.78, 5) is 31.1. The van der Waals surface area contributed by atoms with Crippen LogP contribution in [0.1, 0.15) is 46.5 Å². The molecule has 0 spiro atoms. The van der Waals surface area contributed by atoms with Gasteiger partial charge in [-0.3, -0.25) is 9.78 Å². The lowest BCUT2D eigenvalue weighted by Crippen LogP contribution is -2.31. The largest absolute Gasteiger partial charge is 0.340 e. The van der Waals surface area contributed by atoms with Gasteiger partial charge in [-0.1, -0.05) is 23.8 Å². The Bertz CT molecular complexity index is 931. The van der Waals surface area contributed by atoms with E-state index in [-0.39, 0.29) is 11.9 Å². The number of imidazole rings is 1. The van der Waals surface area contributed by atoms with Gasteiger partial charge in [0.05, 0.1) is 29.8 Å². The van der Waals surface area contributed by atoms with Crippen LogP contribution in [0.2, 0.25) is 0 Å². The molecule has 26 heavy (non-hydrogen) atoms. The van der Waals surface area contributed by atoms with Crippen molar-refractivity contribution in [2.24, 2.45) is 0 Å². The van der Waals surface area contributed by atoms with Gasteiger partial charge in [0.2, 0.25) is 0 Å². The summed E-state index contributed by atoms with van der Waals surface area (Å²) in [6.07, 6.45) is 6.87. The lowest BCUT2D eigenvalue weighted by atomic mass is 10.1. The van der Waals surface area contributed by atoms with Gasteiger partial charge in [-0.25, -0.2) is 9.97 Å². The Morgan fingerprint density at radius 1 is 1.15 bits per heavy atom. The van der Waals surface area contributed by atoms with Crippen molar-refractivity contribution in [2.45, 2.75) is 32.7 Å². The molecule has 6 heteroatoms. The van der Waals surface area contributed by atoms with E-state index in [1.54, 1.807) is 12.4 Å². The SMILES string of the molecule is Cc1cccc(-c2cnc([C@@H]3CCCN3C(=O)c3cnc(C)cn3)[nH]2)c1. The normalized spacial score (nSPS) is 16.8. The first-order valence-corrected chi connectivity index (χ1v) is 8.83. The molecule has 6 nitrogen and oxygen atoms in total. The highest BCUT2D eigenvalue weighted by Crippen LogP contribution is 2.32. The van der Waals surface area contributed by atoms with Crippen molar-refractivity contribution >= 4 is 5.91 Å². The molecular formula is C20H21N5O. The third-order valence-electron chi connectivity index (χ3n) is 4.75. The maximum atomic E-state index is 12.8. The zero-order valence-electron chi connectivity index (χ0n) is 14.9. The quantitative estimate of drug-likeness (QED) is 0.787. The maximum absolute atomic E-state index is 12.8. The summed E-state index contributed by atoms with van der Waals surface area (Å²) in [5.74, 6) is 0.737. The number of nitrogens with one attached hydrogen (secondary N) is 1. The first-order valence-electron chi connectivity index (χ1n) is 8.83. The molecule has 2 aromatic heterocycles. The van der Waals surface area contributed by atoms with Gasteiger partial charge in [-0.05, 0) is 38.3 Å². The van der Waals surface area contributed by atoms with Crippen molar-refractivity contribution in [1.29, 1.82) is 0 Å². The fourth-order valence-electron chi connectivity index (χ4n) is 3.41. The van der Waals surface area contributed by atoms with E-state index in [1.807, 2.05) is 24.1 Å². The molecule has 4 rings (SSSR count). The number of amides is 1. The molecule has 0 bridgehead atoms. The second kappa shape index (κ2) is 6.71. The molecular weight excluding hydrogens is 326 g/mol. The minimum Gasteiger partial charge on any atom is -0.340 e. The van der Waals surface area contributed by atoms with Crippen molar-refractivity contribution in [3.63, 3.8) is 0 Å². The fourth-order valence-corrected chi connectivity index (χ4v) is 3.41. The first kappa shape index (κ1) is 16.4. The minimum atomic E-state index is -0.0893. The average Bonchev–Trinajstić information content (AvgIpc) is 3.31. The second-order valence-electron chi connectivity index (χ2n) is 6.75. The molecule has 1 fully saturated rings. The monoisotopic (exact) mass is 347 g/mol. The summed E-state index contributed by atoms with van der Waals surface area (Å²) < 4.78 is 0. The number of rotatable bonds is 3. The summed E-state index contributed by atoms with van der Waals surface area (Å²) in [6, 6.07) is 8.23. The maximum Gasteiger partial charge on any atom is 0.274 e. The molecule has 1 saturated heterocycles. The molecule has 1 aliphatic heterocycles. The predicted octanol–water partition coefficient (Wildman–Crippen LogP) is 3.46. The molecule has 0 aliphatic carbocycles. The van der Waals surface area contributed by atoms with E-state index in [2.05, 4.69) is 45.1 Å². The topological polar surface area (TPSA) is 74.8 Å². The van der Waals surface area contributed by atoms with Crippen LogP contribution in [-0.4, -0.2) is 37.3 Å². The molecule has 132 valence electrons. The lowest BCUT2D eigenvalue weighted by molar-refractivity contribution is 0.0724. The Morgan fingerprint density at radius 2 is 2.04 bits per heavy atom. The zero-order chi connectivity index (χ0) is 18.1. The minimum absolute atomic E-state index is 0.0517.